The zero-order valence-electron chi connectivity index (χ0n) is 16.5. The van der Waals surface area contributed by atoms with Gasteiger partial charge in [0, 0.05) is 18.8 Å². The first kappa shape index (κ1) is 26.8. The van der Waals surface area contributed by atoms with Crippen LogP contribution >= 0.6 is 0 Å². The van der Waals surface area contributed by atoms with E-state index in [0.29, 0.717) is 0 Å². The molecular formula is C17H18F12O3. The number of rotatable bonds is 3. The summed E-state index contributed by atoms with van der Waals surface area (Å²) in [4.78, 5) is 11.3. The maximum atomic E-state index is 13.9. The van der Waals surface area contributed by atoms with Crippen molar-refractivity contribution in [3.63, 3.8) is 0 Å². The normalized spacial score (nSPS) is 32.4. The first-order valence-corrected chi connectivity index (χ1v) is 9.15. The molecule has 2 aliphatic carbocycles. The van der Waals surface area contributed by atoms with Gasteiger partial charge in [0.15, 0.2) is 0 Å². The van der Waals surface area contributed by atoms with Crippen molar-refractivity contribution < 1.29 is 67.3 Å². The highest BCUT2D eigenvalue weighted by Crippen LogP contribution is 2.71. The SMILES string of the molecule is CC(=O)OC(C1C2CC(C(C)C2C)C1C(O)(C(F)(F)F)C(F)(F)F)(C(F)(F)F)C(F)(F)F. The van der Waals surface area contributed by atoms with Gasteiger partial charge in [-0.2, -0.15) is 52.7 Å². The summed E-state index contributed by atoms with van der Waals surface area (Å²) in [6.45, 7) is 2.28. The minimum Gasteiger partial charge on any atom is -0.439 e. The third-order valence-corrected chi connectivity index (χ3v) is 7.00. The Morgan fingerprint density at radius 1 is 0.719 bits per heavy atom. The first-order valence-electron chi connectivity index (χ1n) is 9.15. The molecule has 0 aliphatic heterocycles. The lowest BCUT2D eigenvalue weighted by Crippen LogP contribution is -2.73. The molecule has 0 aromatic rings. The monoisotopic (exact) mass is 498 g/mol. The highest BCUT2D eigenvalue weighted by Gasteiger charge is 2.87. The Kier molecular flexibility index (Phi) is 6.12. The van der Waals surface area contributed by atoms with E-state index in [1.54, 1.807) is 0 Å². The molecule has 32 heavy (non-hydrogen) atoms. The van der Waals surface area contributed by atoms with Gasteiger partial charge >= 0.3 is 36.3 Å². The minimum absolute atomic E-state index is 0.111. The van der Waals surface area contributed by atoms with Crippen LogP contribution in [0.15, 0.2) is 0 Å². The number of ether oxygens (including phenoxy) is 1. The van der Waals surface area contributed by atoms with Gasteiger partial charge in [-0.1, -0.05) is 13.8 Å². The van der Waals surface area contributed by atoms with E-state index >= 15 is 0 Å². The van der Waals surface area contributed by atoms with Gasteiger partial charge in [0.1, 0.15) is 0 Å². The van der Waals surface area contributed by atoms with E-state index in [4.69, 9.17) is 0 Å². The van der Waals surface area contributed by atoms with Gasteiger partial charge in [-0.15, -0.1) is 0 Å². The quantitative estimate of drug-likeness (QED) is 0.418. The summed E-state index contributed by atoms with van der Waals surface area (Å²) in [5.41, 5.74) is -11.6. The van der Waals surface area contributed by atoms with Crippen molar-refractivity contribution in [2.24, 2.45) is 35.5 Å². The second-order valence-corrected chi connectivity index (χ2v) is 8.42. The molecule has 0 aromatic heterocycles. The predicted octanol–water partition coefficient (Wildman–Crippen LogP) is 5.42. The highest BCUT2D eigenvalue weighted by atomic mass is 19.4. The average molecular weight is 498 g/mol. The lowest BCUT2D eigenvalue weighted by Gasteiger charge is -2.53. The number of carbonyl (C=O) groups excluding carboxylic acids is 1. The minimum atomic E-state index is -6.68. The lowest BCUT2D eigenvalue weighted by atomic mass is 9.58. The summed E-state index contributed by atoms with van der Waals surface area (Å²) in [7, 11) is 0. The zero-order chi connectivity index (χ0) is 25.5. The smallest absolute Gasteiger partial charge is 0.437 e. The third-order valence-electron chi connectivity index (χ3n) is 7.00. The number of fused-ring (bicyclic) bond motifs is 2. The maximum Gasteiger partial charge on any atom is 0.437 e. The van der Waals surface area contributed by atoms with Crippen LogP contribution in [0.2, 0.25) is 0 Å². The Morgan fingerprint density at radius 2 is 1.06 bits per heavy atom. The second kappa shape index (κ2) is 7.29. The van der Waals surface area contributed by atoms with Crippen LogP contribution in [-0.4, -0.2) is 47.0 Å². The molecule has 2 bridgehead atoms. The molecule has 3 nitrogen and oxygen atoms in total. The predicted molar refractivity (Wildman–Crippen MR) is 80.6 cm³/mol. The number of carbonyl (C=O) groups is 1. The van der Waals surface area contributed by atoms with Crippen molar-refractivity contribution in [1.82, 2.24) is 0 Å². The van der Waals surface area contributed by atoms with Gasteiger partial charge in [-0.25, -0.2) is 0 Å². The van der Waals surface area contributed by atoms with Crippen LogP contribution in [0.4, 0.5) is 52.7 Å². The number of halogens is 12. The van der Waals surface area contributed by atoms with E-state index in [1.807, 2.05) is 0 Å². The molecule has 0 amide bonds. The molecule has 15 heteroatoms. The van der Waals surface area contributed by atoms with Crippen LogP contribution < -0.4 is 0 Å². The number of hydrogen-bond donors (Lipinski definition) is 1. The molecular weight excluding hydrogens is 480 g/mol. The zero-order valence-corrected chi connectivity index (χ0v) is 16.5. The first-order chi connectivity index (χ1) is 14.0. The molecule has 0 heterocycles. The van der Waals surface area contributed by atoms with Crippen LogP contribution in [0.3, 0.4) is 0 Å². The van der Waals surface area contributed by atoms with E-state index in [9.17, 15) is 62.6 Å². The van der Waals surface area contributed by atoms with Crippen LogP contribution in [0.25, 0.3) is 0 Å². The Bertz CT molecular complexity index is 707. The fourth-order valence-corrected chi connectivity index (χ4v) is 5.62. The van der Waals surface area contributed by atoms with E-state index in [0.717, 1.165) is 13.8 Å². The molecule has 2 aliphatic rings. The Balaban J connectivity index is 2.97. The summed E-state index contributed by atoms with van der Waals surface area (Å²) in [6.07, 6.45) is -27.5. The molecule has 0 saturated heterocycles. The molecule has 6 unspecified atom stereocenters. The largest absolute Gasteiger partial charge is 0.439 e. The van der Waals surface area contributed by atoms with E-state index < -0.39 is 83.8 Å². The molecule has 1 N–H and O–H groups in total. The Hall–Kier alpha value is -1.41. The van der Waals surface area contributed by atoms with Gasteiger partial charge < -0.3 is 9.84 Å². The molecule has 0 aromatic carbocycles. The highest BCUT2D eigenvalue weighted by molar-refractivity contribution is 5.67. The van der Waals surface area contributed by atoms with Crippen LogP contribution in [-0.2, 0) is 9.53 Å². The summed E-state index contributed by atoms with van der Waals surface area (Å²) >= 11 is 0. The van der Waals surface area contributed by atoms with E-state index in [2.05, 4.69) is 4.74 Å². The number of alkyl halides is 12. The lowest BCUT2D eigenvalue weighted by molar-refractivity contribution is -0.428. The summed E-state index contributed by atoms with van der Waals surface area (Å²) in [5, 5.41) is 9.88. The molecule has 188 valence electrons. The summed E-state index contributed by atoms with van der Waals surface area (Å²) in [6, 6.07) is 0. The van der Waals surface area contributed by atoms with Gasteiger partial charge in [-0.3, -0.25) is 4.79 Å². The Morgan fingerprint density at radius 3 is 1.34 bits per heavy atom. The standard InChI is InChI=1S/C17H18F12O3/c1-5-6(2)9-4-8(5)10(12(31,14(18,19)20)15(21,22)23)11(9)13(16(24,25)26,17(27,28)29)32-7(3)30/h5-6,8-11,31H,4H2,1-3H3. The summed E-state index contributed by atoms with van der Waals surface area (Å²) in [5.74, 6) is -15.9. The van der Waals surface area contributed by atoms with Crippen molar-refractivity contribution in [2.45, 2.75) is 63.1 Å². The van der Waals surface area contributed by atoms with Crippen molar-refractivity contribution in [2.75, 3.05) is 0 Å². The van der Waals surface area contributed by atoms with Gasteiger partial charge in [-0.05, 0) is 30.1 Å². The van der Waals surface area contributed by atoms with Crippen LogP contribution in [0, 0.1) is 35.5 Å². The number of hydrogen-bond acceptors (Lipinski definition) is 3. The molecule has 2 rings (SSSR count). The number of aliphatic hydroxyl groups is 1. The fourth-order valence-electron chi connectivity index (χ4n) is 5.62. The van der Waals surface area contributed by atoms with E-state index in [-0.39, 0.29) is 6.92 Å². The Labute approximate surface area is 173 Å². The third kappa shape index (κ3) is 3.44. The van der Waals surface area contributed by atoms with Gasteiger partial charge in [0.25, 0.3) is 5.60 Å². The number of esters is 1. The molecule has 6 atom stereocenters. The van der Waals surface area contributed by atoms with Crippen LogP contribution in [0.5, 0.6) is 0 Å². The van der Waals surface area contributed by atoms with Crippen molar-refractivity contribution in [3.05, 3.63) is 0 Å². The van der Waals surface area contributed by atoms with Crippen molar-refractivity contribution >= 4 is 5.97 Å². The van der Waals surface area contributed by atoms with Crippen molar-refractivity contribution in [3.8, 4) is 0 Å². The van der Waals surface area contributed by atoms with Gasteiger partial charge in [0.2, 0.25) is 0 Å². The molecule has 0 radical (unpaired) electrons. The molecule has 2 fully saturated rings. The summed E-state index contributed by atoms with van der Waals surface area (Å²) < 4.78 is 169. The van der Waals surface area contributed by atoms with Crippen molar-refractivity contribution in [1.29, 1.82) is 0 Å². The maximum absolute atomic E-state index is 13.9. The fraction of sp³-hybridized carbons (Fsp3) is 0.941. The van der Waals surface area contributed by atoms with E-state index in [1.165, 1.54) is 0 Å². The second-order valence-electron chi connectivity index (χ2n) is 8.42. The molecule has 2 saturated carbocycles. The van der Waals surface area contributed by atoms with Gasteiger partial charge in [0.05, 0.1) is 0 Å². The molecule has 0 spiro atoms. The van der Waals surface area contributed by atoms with Crippen LogP contribution in [0.1, 0.15) is 27.2 Å². The average Bonchev–Trinajstić information content (AvgIpc) is 3.04. The topological polar surface area (TPSA) is 46.5 Å².